The third-order valence-electron chi connectivity index (χ3n) is 1.48. The first-order valence-electron chi connectivity index (χ1n) is 3.44. The Morgan fingerprint density at radius 2 is 1.91 bits per heavy atom. The molecule has 2 aromatic rings. The predicted molar refractivity (Wildman–Crippen MR) is 48.1 cm³/mol. The topological polar surface area (TPSA) is 12.9 Å². The quantitative estimate of drug-likeness (QED) is 0.587. The number of benzene rings is 1. The van der Waals surface area contributed by atoms with Gasteiger partial charge in [0.1, 0.15) is 0 Å². The number of rotatable bonds is 1. The van der Waals surface area contributed by atoms with E-state index in [0.29, 0.717) is 0 Å². The Kier molecular flexibility index (Phi) is 1.69. The number of hydrogen-bond acceptors (Lipinski definition) is 1. The molecule has 0 fully saturated rings. The van der Waals surface area contributed by atoms with Crippen molar-refractivity contribution in [2.75, 3.05) is 0 Å². The predicted octanol–water partition coefficient (Wildman–Crippen LogP) is 2.82. The lowest BCUT2D eigenvalue weighted by atomic mass is 10.4. The van der Waals surface area contributed by atoms with Crippen molar-refractivity contribution in [2.24, 2.45) is 0 Å². The summed E-state index contributed by atoms with van der Waals surface area (Å²) in [6.45, 7) is 0. The second kappa shape index (κ2) is 2.84. The van der Waals surface area contributed by atoms with Gasteiger partial charge in [0.05, 0.1) is 6.20 Å². The van der Waals surface area contributed by atoms with E-state index >= 15 is 0 Å². The second-order valence-electron chi connectivity index (χ2n) is 2.22. The van der Waals surface area contributed by atoms with Gasteiger partial charge in [0.25, 0.3) is 0 Å². The van der Waals surface area contributed by atoms with E-state index in [-0.39, 0.29) is 10.5 Å². The van der Waals surface area contributed by atoms with Crippen LogP contribution in [0.2, 0.25) is 0 Å². The van der Waals surface area contributed by atoms with Crippen LogP contribution in [0.4, 0.5) is 0 Å². The molecule has 0 N–H and O–H groups in total. The number of nitrogens with zero attached hydrogens (tertiary/aromatic N) is 1. The van der Waals surface area contributed by atoms with Crippen LogP contribution in [0.1, 0.15) is 0 Å². The summed E-state index contributed by atoms with van der Waals surface area (Å²) in [6.07, 6.45) is 1.86. The summed E-state index contributed by atoms with van der Waals surface area (Å²) in [7, 11) is 0.137. The van der Waals surface area contributed by atoms with E-state index in [4.69, 9.17) is 0 Å². The minimum absolute atomic E-state index is 0.137. The molecule has 11 heavy (non-hydrogen) atoms. The molecule has 1 aromatic heterocycles. The molecule has 1 heterocycles. The molecule has 0 aliphatic heterocycles. The zero-order valence-corrected chi connectivity index (χ0v) is 6.79. The lowest BCUT2D eigenvalue weighted by molar-refractivity contribution is 1.43. The average molecular weight is 162 g/mol. The smallest absolute Gasteiger partial charge is 0.208 e. The minimum Gasteiger partial charge on any atom is -0.208 e. The van der Waals surface area contributed by atoms with Crippen LogP contribution in [0, 0.1) is 0 Å². The Balaban J connectivity index is 2.46. The van der Waals surface area contributed by atoms with Crippen molar-refractivity contribution >= 4 is 10.5 Å². The molecule has 0 aliphatic rings. The summed E-state index contributed by atoms with van der Waals surface area (Å²) in [5, 5.41) is 2.12. The fourth-order valence-corrected chi connectivity index (χ4v) is 2.18. The molecule has 2 rings (SSSR count). The molecule has 1 unspecified atom stereocenters. The molecule has 1 aromatic carbocycles. The van der Waals surface area contributed by atoms with Crippen LogP contribution in [0.3, 0.4) is 0 Å². The first-order chi connectivity index (χ1) is 5.47. The van der Waals surface area contributed by atoms with Crippen LogP contribution in [0.5, 0.6) is 0 Å². The molecule has 0 amide bonds. The van der Waals surface area contributed by atoms with E-state index in [1.165, 1.54) is 4.90 Å². The van der Waals surface area contributed by atoms with E-state index < -0.39 is 0 Å². The van der Waals surface area contributed by atoms with Gasteiger partial charge in [0.2, 0.25) is 5.51 Å². The standard InChI is InChI=1S/C9H8NS/c1-2-4-9(5-3-1)11-7-6-10-8-11/h1-8H/q+1. The van der Waals surface area contributed by atoms with Gasteiger partial charge >= 0.3 is 0 Å². The van der Waals surface area contributed by atoms with Crippen LogP contribution >= 0.6 is 10.5 Å². The van der Waals surface area contributed by atoms with E-state index in [0.717, 1.165) is 0 Å². The van der Waals surface area contributed by atoms with Crippen LogP contribution in [0.15, 0.2) is 47.4 Å². The summed E-state index contributed by atoms with van der Waals surface area (Å²) < 4.78 is 0. The lowest BCUT2D eigenvalue weighted by Gasteiger charge is -1.84. The van der Waals surface area contributed by atoms with Gasteiger partial charge in [-0.05, 0) is 12.1 Å². The monoisotopic (exact) mass is 162 g/mol. The molecule has 54 valence electrons. The fourth-order valence-electron chi connectivity index (χ4n) is 0.954. The zero-order chi connectivity index (χ0) is 7.52. The summed E-state index contributed by atoms with van der Waals surface area (Å²) in [5.74, 6) is 0. The van der Waals surface area contributed by atoms with Crippen molar-refractivity contribution in [1.82, 2.24) is 4.98 Å². The van der Waals surface area contributed by atoms with E-state index in [1.807, 2.05) is 17.8 Å². The highest BCUT2D eigenvalue weighted by molar-refractivity contribution is 7.36. The molecule has 2 heteroatoms. The Hall–Kier alpha value is -1.15. The van der Waals surface area contributed by atoms with Crippen molar-refractivity contribution in [3.05, 3.63) is 47.4 Å². The molecule has 0 saturated heterocycles. The van der Waals surface area contributed by atoms with Crippen molar-refractivity contribution in [2.45, 2.75) is 0 Å². The molecule has 1 nitrogen and oxygen atoms in total. The molecular weight excluding hydrogens is 154 g/mol. The van der Waals surface area contributed by atoms with Crippen LogP contribution < -0.4 is 0 Å². The zero-order valence-electron chi connectivity index (χ0n) is 5.97. The Morgan fingerprint density at radius 3 is 2.55 bits per heavy atom. The average Bonchev–Trinajstić information content (AvgIpc) is 2.58. The van der Waals surface area contributed by atoms with Gasteiger partial charge in [-0.1, -0.05) is 18.2 Å². The van der Waals surface area contributed by atoms with Gasteiger partial charge < -0.3 is 0 Å². The number of thiazole rings is 1. The summed E-state index contributed by atoms with van der Waals surface area (Å²) in [4.78, 5) is 5.39. The van der Waals surface area contributed by atoms with E-state index in [1.54, 1.807) is 0 Å². The van der Waals surface area contributed by atoms with Gasteiger partial charge in [0.15, 0.2) is 10.3 Å². The first-order valence-corrected chi connectivity index (χ1v) is 4.79. The molecule has 0 bridgehead atoms. The van der Waals surface area contributed by atoms with Crippen molar-refractivity contribution in [3.63, 3.8) is 0 Å². The Bertz CT molecular complexity index is 313. The molecule has 0 saturated carbocycles. The third kappa shape index (κ3) is 1.30. The largest absolute Gasteiger partial charge is 0.235 e. The lowest BCUT2D eigenvalue weighted by Crippen LogP contribution is -1.63. The van der Waals surface area contributed by atoms with Crippen LogP contribution in [0.25, 0.3) is 4.90 Å². The summed E-state index contributed by atoms with van der Waals surface area (Å²) in [6, 6.07) is 10.4. The molecule has 0 radical (unpaired) electrons. The summed E-state index contributed by atoms with van der Waals surface area (Å²) >= 11 is 0. The molecule has 0 aliphatic carbocycles. The first kappa shape index (κ1) is 6.55. The Morgan fingerprint density at radius 1 is 1.09 bits per heavy atom. The number of aromatic nitrogens is 1. The highest BCUT2D eigenvalue weighted by Crippen LogP contribution is 2.27. The maximum absolute atomic E-state index is 4.05. The van der Waals surface area contributed by atoms with Crippen molar-refractivity contribution in [1.29, 1.82) is 0 Å². The van der Waals surface area contributed by atoms with E-state index in [9.17, 15) is 0 Å². The molecular formula is C9H8NS+. The van der Waals surface area contributed by atoms with Gasteiger partial charge in [-0.25, -0.2) is 4.98 Å². The highest BCUT2D eigenvalue weighted by Gasteiger charge is 2.04. The third-order valence-corrected chi connectivity index (χ3v) is 3.06. The van der Waals surface area contributed by atoms with Crippen molar-refractivity contribution in [3.8, 4) is 4.90 Å². The van der Waals surface area contributed by atoms with E-state index in [2.05, 4.69) is 34.6 Å². The molecule has 1 atom stereocenters. The van der Waals surface area contributed by atoms with Crippen LogP contribution in [-0.4, -0.2) is 4.98 Å². The van der Waals surface area contributed by atoms with Crippen LogP contribution in [-0.2, 0) is 0 Å². The van der Waals surface area contributed by atoms with Crippen molar-refractivity contribution < 1.29 is 0 Å². The van der Waals surface area contributed by atoms with Gasteiger partial charge in [-0.15, -0.1) is 0 Å². The maximum atomic E-state index is 4.05. The second-order valence-corrected chi connectivity index (χ2v) is 3.92. The highest BCUT2D eigenvalue weighted by atomic mass is 32.2. The Labute approximate surface area is 68.3 Å². The maximum Gasteiger partial charge on any atom is 0.235 e. The fraction of sp³-hybridized carbons (Fsp3) is 0. The molecule has 0 spiro atoms. The van der Waals surface area contributed by atoms with Gasteiger partial charge in [-0.2, -0.15) is 0 Å². The minimum atomic E-state index is 0.137. The number of hydrogen-bond donors (Lipinski definition) is 0. The normalized spacial score (nSPS) is 11.5. The summed E-state index contributed by atoms with van der Waals surface area (Å²) in [5.41, 5.74) is 1.98. The SMILES string of the molecule is c1ccc(-[s+]2ccnc2)cc1. The van der Waals surface area contributed by atoms with Gasteiger partial charge in [-0.3, -0.25) is 0 Å². The van der Waals surface area contributed by atoms with Gasteiger partial charge in [0, 0.05) is 10.5 Å².